The van der Waals surface area contributed by atoms with Crippen molar-refractivity contribution in [2.45, 2.75) is 18.5 Å². The van der Waals surface area contributed by atoms with Gasteiger partial charge in [-0.25, -0.2) is 0 Å². The van der Waals surface area contributed by atoms with Gasteiger partial charge in [-0.3, -0.25) is 4.79 Å². The first-order chi connectivity index (χ1) is 5.24. The lowest BCUT2D eigenvalue weighted by Gasteiger charge is -2.19. The Morgan fingerprint density at radius 1 is 1.58 bits per heavy atom. The molecule has 1 amide bonds. The topological polar surface area (TPSA) is 20.3 Å². The molecule has 0 aromatic heterocycles. The summed E-state index contributed by atoms with van der Waals surface area (Å²) in [6.45, 7) is 0.0691. The van der Waals surface area contributed by atoms with Gasteiger partial charge in [0.15, 0.2) is 0 Å². The maximum absolute atomic E-state index is 11.7. The van der Waals surface area contributed by atoms with Crippen LogP contribution in [0.15, 0.2) is 0 Å². The Morgan fingerprint density at radius 2 is 2.00 bits per heavy atom. The molecule has 0 fully saturated rings. The highest BCUT2D eigenvalue weighted by Gasteiger charge is 2.31. The van der Waals surface area contributed by atoms with E-state index in [9.17, 15) is 18.0 Å². The molecule has 0 spiro atoms. The van der Waals surface area contributed by atoms with Crippen LogP contribution in [-0.2, 0) is 4.79 Å². The first-order valence-electron chi connectivity index (χ1n) is 3.20. The van der Waals surface area contributed by atoms with Gasteiger partial charge in [0.05, 0.1) is 0 Å². The fraction of sp³-hybridized carbons (Fsp3) is 0.833. The molecule has 0 rings (SSSR count). The third kappa shape index (κ3) is 4.43. The average molecular weight is 204 g/mol. The van der Waals surface area contributed by atoms with Crippen LogP contribution in [0.1, 0.15) is 6.92 Å². The molecule has 6 heteroatoms. The van der Waals surface area contributed by atoms with Crippen LogP contribution >= 0.6 is 11.6 Å². The number of carbonyl (C=O) groups excluding carboxylic acids is 1. The van der Waals surface area contributed by atoms with Crippen LogP contribution in [0, 0.1) is 0 Å². The van der Waals surface area contributed by atoms with Crippen molar-refractivity contribution in [3.63, 3.8) is 0 Å². The summed E-state index contributed by atoms with van der Waals surface area (Å²) in [5.74, 6) is -0.728. The lowest BCUT2D eigenvalue weighted by Crippen LogP contribution is -2.39. The summed E-state index contributed by atoms with van der Waals surface area (Å²) < 4.78 is 35.1. The van der Waals surface area contributed by atoms with Crippen LogP contribution in [0.25, 0.3) is 0 Å². The Balaban J connectivity index is 4.05. The van der Waals surface area contributed by atoms with Gasteiger partial charge in [-0.1, -0.05) is 0 Å². The molecule has 0 aliphatic carbocycles. The Hall–Kier alpha value is -0.450. The number of carbonyl (C=O) groups is 1. The van der Waals surface area contributed by atoms with Crippen molar-refractivity contribution >= 4 is 17.5 Å². The van der Waals surface area contributed by atoms with Gasteiger partial charge in [0, 0.05) is 7.05 Å². The zero-order valence-corrected chi connectivity index (χ0v) is 7.41. The van der Waals surface area contributed by atoms with E-state index in [2.05, 4.69) is 0 Å². The third-order valence-corrected chi connectivity index (χ3v) is 1.32. The molecule has 72 valence electrons. The van der Waals surface area contributed by atoms with Gasteiger partial charge in [-0.2, -0.15) is 13.2 Å². The zero-order valence-electron chi connectivity index (χ0n) is 6.65. The molecule has 0 heterocycles. The summed E-state index contributed by atoms with van der Waals surface area (Å²) >= 11 is 5.29. The summed E-state index contributed by atoms with van der Waals surface area (Å²) in [5.41, 5.74) is 0. The first-order valence-corrected chi connectivity index (χ1v) is 3.63. The van der Waals surface area contributed by atoms with Crippen molar-refractivity contribution in [1.29, 1.82) is 0 Å². The van der Waals surface area contributed by atoms with E-state index in [0.29, 0.717) is 4.90 Å². The summed E-state index contributed by atoms with van der Waals surface area (Å²) in [6.07, 6.45) is -4.36. The van der Waals surface area contributed by atoms with Crippen molar-refractivity contribution in [2.75, 3.05) is 13.6 Å². The van der Waals surface area contributed by atoms with Crippen LogP contribution in [0.3, 0.4) is 0 Å². The van der Waals surface area contributed by atoms with Crippen molar-refractivity contribution < 1.29 is 18.0 Å². The average Bonchev–Trinajstić information content (AvgIpc) is 1.82. The third-order valence-electron chi connectivity index (χ3n) is 1.13. The fourth-order valence-corrected chi connectivity index (χ4v) is 0.817. The van der Waals surface area contributed by atoms with E-state index in [-0.39, 0.29) is 0 Å². The minimum atomic E-state index is -4.36. The first kappa shape index (κ1) is 11.6. The summed E-state index contributed by atoms with van der Waals surface area (Å²) in [7, 11) is 1.06. The number of halogens is 4. The van der Waals surface area contributed by atoms with Crippen LogP contribution in [0.2, 0.25) is 0 Å². The van der Waals surface area contributed by atoms with Gasteiger partial charge >= 0.3 is 6.18 Å². The van der Waals surface area contributed by atoms with Gasteiger partial charge in [-0.05, 0) is 6.92 Å². The van der Waals surface area contributed by atoms with E-state index in [1.54, 1.807) is 0 Å². The second kappa shape index (κ2) is 3.98. The SMILES string of the molecule is CC(Cl)C(=O)N(C)CC(F)(F)F. The maximum atomic E-state index is 11.7. The predicted molar refractivity (Wildman–Crippen MR) is 39.0 cm³/mol. The molecule has 1 atom stereocenters. The van der Waals surface area contributed by atoms with Crippen molar-refractivity contribution in [3.8, 4) is 0 Å². The minimum absolute atomic E-state index is 0.553. The number of alkyl halides is 4. The van der Waals surface area contributed by atoms with Gasteiger partial charge in [0.25, 0.3) is 0 Å². The monoisotopic (exact) mass is 203 g/mol. The molecule has 0 aromatic rings. The molecule has 2 nitrogen and oxygen atoms in total. The van der Waals surface area contributed by atoms with Crippen LogP contribution in [-0.4, -0.2) is 36.0 Å². The quantitative estimate of drug-likeness (QED) is 0.625. The Labute approximate surface area is 73.3 Å². The largest absolute Gasteiger partial charge is 0.406 e. The van der Waals surface area contributed by atoms with Gasteiger partial charge in [0.2, 0.25) is 5.91 Å². The molecule has 0 aliphatic rings. The summed E-state index contributed by atoms with van der Waals surface area (Å²) in [6, 6.07) is 0. The van der Waals surface area contributed by atoms with Gasteiger partial charge in [0.1, 0.15) is 11.9 Å². The number of amides is 1. The van der Waals surface area contributed by atoms with Crippen LogP contribution in [0.5, 0.6) is 0 Å². The molecule has 0 N–H and O–H groups in total. The molecular weight excluding hydrogens is 195 g/mol. The molecule has 0 aromatic carbocycles. The second-order valence-electron chi connectivity index (χ2n) is 2.43. The molecule has 1 unspecified atom stereocenters. The summed E-state index contributed by atoms with van der Waals surface area (Å²) in [5, 5.41) is -0.919. The number of rotatable bonds is 2. The number of hydrogen-bond acceptors (Lipinski definition) is 1. The lowest BCUT2D eigenvalue weighted by atomic mass is 10.4. The minimum Gasteiger partial charge on any atom is -0.335 e. The summed E-state index contributed by atoms with van der Waals surface area (Å²) in [4.78, 5) is 11.4. The van der Waals surface area contributed by atoms with Gasteiger partial charge < -0.3 is 4.90 Å². The predicted octanol–water partition coefficient (Wildman–Crippen LogP) is 1.63. The molecule has 12 heavy (non-hydrogen) atoms. The van der Waals surface area contributed by atoms with Crippen LogP contribution < -0.4 is 0 Å². The number of nitrogens with zero attached hydrogens (tertiary/aromatic N) is 1. The maximum Gasteiger partial charge on any atom is 0.406 e. The van der Waals surface area contributed by atoms with Crippen molar-refractivity contribution in [3.05, 3.63) is 0 Å². The highest BCUT2D eigenvalue weighted by molar-refractivity contribution is 6.30. The molecule has 0 saturated heterocycles. The number of hydrogen-bond donors (Lipinski definition) is 0. The smallest absolute Gasteiger partial charge is 0.335 e. The molecular formula is C6H9ClF3NO. The molecule has 0 saturated carbocycles. The van der Waals surface area contributed by atoms with E-state index in [0.717, 1.165) is 7.05 Å². The van der Waals surface area contributed by atoms with E-state index in [1.807, 2.05) is 0 Å². The normalized spacial score (nSPS) is 14.2. The van der Waals surface area contributed by atoms with Crippen molar-refractivity contribution in [1.82, 2.24) is 4.90 Å². The molecule has 0 aliphatic heterocycles. The second-order valence-corrected chi connectivity index (χ2v) is 3.08. The highest BCUT2D eigenvalue weighted by atomic mass is 35.5. The lowest BCUT2D eigenvalue weighted by molar-refractivity contribution is -0.157. The van der Waals surface area contributed by atoms with Crippen molar-refractivity contribution in [2.24, 2.45) is 0 Å². The van der Waals surface area contributed by atoms with E-state index in [4.69, 9.17) is 11.6 Å². The molecule has 0 radical (unpaired) electrons. The Bertz CT molecular complexity index is 169. The Kier molecular flexibility index (Phi) is 3.83. The zero-order chi connectivity index (χ0) is 9.94. The fourth-order valence-electron chi connectivity index (χ4n) is 0.651. The van der Waals surface area contributed by atoms with E-state index < -0.39 is 24.0 Å². The van der Waals surface area contributed by atoms with E-state index in [1.165, 1.54) is 6.92 Å². The highest BCUT2D eigenvalue weighted by Crippen LogP contribution is 2.16. The molecule has 0 bridgehead atoms. The van der Waals surface area contributed by atoms with E-state index >= 15 is 0 Å². The van der Waals surface area contributed by atoms with Crippen LogP contribution in [0.4, 0.5) is 13.2 Å². The van der Waals surface area contributed by atoms with Gasteiger partial charge in [-0.15, -0.1) is 11.6 Å². The standard InChI is InChI=1S/C6H9ClF3NO/c1-4(7)5(12)11(2)3-6(8,9)10/h4H,3H2,1-2H3. The Morgan fingerprint density at radius 3 is 2.25 bits per heavy atom.